The van der Waals surface area contributed by atoms with Gasteiger partial charge in [0.2, 0.25) is 0 Å². The number of nitrogens with zero attached hydrogens (tertiary/aromatic N) is 1. The first-order valence-electron chi connectivity index (χ1n) is 4.24. The molecule has 1 amide bonds. The zero-order valence-corrected chi connectivity index (χ0v) is 8.96. The molecule has 0 spiro atoms. The minimum Gasteiger partial charge on any atom is -0.389 e. The lowest BCUT2D eigenvalue weighted by Gasteiger charge is -2.29. The normalized spacial score (nSPS) is 12.8. The molecule has 0 rings (SSSR count). The first-order valence-corrected chi connectivity index (χ1v) is 4.24. The average Bonchev–Trinajstić information content (AvgIpc) is 1.79. The Bertz CT molecular complexity index is 188. The largest absolute Gasteiger partial charge is 0.389 e. The molecule has 0 aliphatic carbocycles. The predicted molar refractivity (Wildman–Crippen MR) is 50.2 cm³/mol. The molecular formula is C9H19NO3. The second-order valence-corrected chi connectivity index (χ2v) is 4.53. The molecule has 13 heavy (non-hydrogen) atoms. The number of carbonyl (C=O) groups excluding carboxylic acids is 1. The van der Waals surface area contributed by atoms with Gasteiger partial charge in [-0.25, -0.2) is 0 Å². The minimum atomic E-state index is -1.38. The van der Waals surface area contributed by atoms with Gasteiger partial charge < -0.3 is 15.1 Å². The first kappa shape index (κ1) is 12.4. The number of hydrogen-bond donors (Lipinski definition) is 2. The van der Waals surface area contributed by atoms with Gasteiger partial charge in [0.1, 0.15) is 5.60 Å². The van der Waals surface area contributed by atoms with E-state index in [1.54, 1.807) is 20.9 Å². The molecule has 0 aliphatic rings. The summed E-state index contributed by atoms with van der Waals surface area (Å²) < 4.78 is 0. The maximum Gasteiger partial charge on any atom is 0.253 e. The lowest BCUT2D eigenvalue weighted by molar-refractivity contribution is -0.149. The standard InChI is InChI=1S/C9H19NO3/c1-8(2,12)6-10(5)7(11)9(3,4)13/h12-13H,6H2,1-5H3. The molecule has 0 heterocycles. The van der Waals surface area contributed by atoms with Crippen LogP contribution in [0.25, 0.3) is 0 Å². The van der Waals surface area contributed by atoms with Crippen molar-refractivity contribution < 1.29 is 15.0 Å². The van der Waals surface area contributed by atoms with E-state index in [9.17, 15) is 15.0 Å². The number of rotatable bonds is 3. The topological polar surface area (TPSA) is 60.8 Å². The van der Waals surface area contributed by atoms with Crippen molar-refractivity contribution in [1.29, 1.82) is 0 Å². The average molecular weight is 189 g/mol. The van der Waals surface area contributed by atoms with Crippen molar-refractivity contribution in [2.75, 3.05) is 13.6 Å². The highest BCUT2D eigenvalue weighted by molar-refractivity contribution is 5.83. The number of aliphatic hydroxyl groups is 2. The van der Waals surface area contributed by atoms with Gasteiger partial charge in [0.05, 0.1) is 5.60 Å². The van der Waals surface area contributed by atoms with Gasteiger partial charge in [-0.05, 0) is 27.7 Å². The summed E-state index contributed by atoms with van der Waals surface area (Å²) in [5, 5.41) is 18.8. The van der Waals surface area contributed by atoms with Crippen molar-refractivity contribution in [3.63, 3.8) is 0 Å². The molecule has 0 bridgehead atoms. The fourth-order valence-corrected chi connectivity index (χ4v) is 1.12. The van der Waals surface area contributed by atoms with E-state index >= 15 is 0 Å². The van der Waals surface area contributed by atoms with Gasteiger partial charge in [0.25, 0.3) is 5.91 Å². The lowest BCUT2D eigenvalue weighted by atomic mass is 10.1. The highest BCUT2D eigenvalue weighted by Gasteiger charge is 2.29. The molecule has 0 aromatic heterocycles. The molecule has 0 saturated carbocycles. The zero-order chi connectivity index (χ0) is 10.9. The van der Waals surface area contributed by atoms with E-state index in [2.05, 4.69) is 0 Å². The molecule has 0 aliphatic heterocycles. The Morgan fingerprint density at radius 3 is 1.85 bits per heavy atom. The van der Waals surface area contributed by atoms with Crippen LogP contribution in [0.5, 0.6) is 0 Å². The fraction of sp³-hybridized carbons (Fsp3) is 0.889. The van der Waals surface area contributed by atoms with Crippen LogP contribution in [-0.2, 0) is 4.79 Å². The van der Waals surface area contributed by atoms with Crippen LogP contribution >= 0.6 is 0 Å². The highest BCUT2D eigenvalue weighted by atomic mass is 16.3. The van der Waals surface area contributed by atoms with Crippen molar-refractivity contribution in [2.45, 2.75) is 38.9 Å². The van der Waals surface area contributed by atoms with Gasteiger partial charge in [0.15, 0.2) is 0 Å². The number of hydrogen-bond acceptors (Lipinski definition) is 3. The minimum absolute atomic E-state index is 0.204. The third kappa shape index (κ3) is 4.85. The molecular weight excluding hydrogens is 170 g/mol. The summed E-state index contributed by atoms with van der Waals surface area (Å²) in [6.07, 6.45) is 0. The Labute approximate surface area is 79.2 Å². The van der Waals surface area contributed by atoms with Crippen LogP contribution in [0.3, 0.4) is 0 Å². The van der Waals surface area contributed by atoms with E-state index in [0.717, 1.165) is 0 Å². The smallest absolute Gasteiger partial charge is 0.253 e. The van der Waals surface area contributed by atoms with Crippen LogP contribution in [0.15, 0.2) is 0 Å². The monoisotopic (exact) mass is 189 g/mol. The molecule has 2 N–H and O–H groups in total. The maximum atomic E-state index is 11.4. The van der Waals surface area contributed by atoms with Gasteiger partial charge in [0, 0.05) is 13.6 Å². The Morgan fingerprint density at radius 2 is 1.62 bits per heavy atom. The summed E-state index contributed by atoms with van der Waals surface area (Å²) >= 11 is 0. The Morgan fingerprint density at radius 1 is 1.23 bits per heavy atom. The second-order valence-electron chi connectivity index (χ2n) is 4.53. The van der Waals surface area contributed by atoms with E-state index in [1.165, 1.54) is 18.7 Å². The van der Waals surface area contributed by atoms with E-state index < -0.39 is 17.1 Å². The Balaban J connectivity index is 4.30. The third-order valence-corrected chi connectivity index (χ3v) is 1.49. The summed E-state index contributed by atoms with van der Waals surface area (Å²) in [6.45, 7) is 6.28. The van der Waals surface area contributed by atoms with Gasteiger partial charge in [-0.1, -0.05) is 0 Å². The van der Waals surface area contributed by atoms with Crippen molar-refractivity contribution in [3.8, 4) is 0 Å². The Hall–Kier alpha value is -0.610. The molecule has 0 saturated heterocycles. The Kier molecular flexibility index (Phi) is 3.47. The van der Waals surface area contributed by atoms with Crippen molar-refractivity contribution in [2.24, 2.45) is 0 Å². The summed E-state index contributed by atoms with van der Waals surface area (Å²) in [5.74, 6) is -0.394. The van der Waals surface area contributed by atoms with Crippen LogP contribution < -0.4 is 0 Å². The van der Waals surface area contributed by atoms with E-state index in [-0.39, 0.29) is 6.54 Å². The quantitative estimate of drug-likeness (QED) is 0.656. The molecule has 4 nitrogen and oxygen atoms in total. The van der Waals surface area contributed by atoms with Gasteiger partial charge in [-0.15, -0.1) is 0 Å². The third-order valence-electron chi connectivity index (χ3n) is 1.49. The number of amides is 1. The van der Waals surface area contributed by atoms with Crippen LogP contribution in [0.1, 0.15) is 27.7 Å². The zero-order valence-electron chi connectivity index (χ0n) is 8.96. The van der Waals surface area contributed by atoms with Crippen LogP contribution in [-0.4, -0.2) is 45.8 Å². The molecule has 0 fully saturated rings. The fourth-order valence-electron chi connectivity index (χ4n) is 1.12. The van der Waals surface area contributed by atoms with Crippen molar-refractivity contribution in [3.05, 3.63) is 0 Å². The SMILES string of the molecule is CN(CC(C)(C)O)C(=O)C(C)(C)O. The maximum absolute atomic E-state index is 11.4. The van der Waals surface area contributed by atoms with Crippen LogP contribution in [0, 0.1) is 0 Å². The molecule has 4 heteroatoms. The summed E-state index contributed by atoms with van der Waals surface area (Å²) in [6, 6.07) is 0. The van der Waals surface area contributed by atoms with Gasteiger partial charge in [-0.3, -0.25) is 4.79 Å². The van der Waals surface area contributed by atoms with Gasteiger partial charge >= 0.3 is 0 Å². The molecule has 0 aromatic rings. The van der Waals surface area contributed by atoms with E-state index in [1.807, 2.05) is 0 Å². The van der Waals surface area contributed by atoms with E-state index in [0.29, 0.717) is 0 Å². The summed E-state index contributed by atoms with van der Waals surface area (Å²) in [4.78, 5) is 12.7. The molecule has 0 atom stereocenters. The molecule has 0 unspecified atom stereocenters. The van der Waals surface area contributed by atoms with Crippen molar-refractivity contribution >= 4 is 5.91 Å². The second kappa shape index (κ2) is 3.64. The van der Waals surface area contributed by atoms with Crippen LogP contribution in [0.2, 0.25) is 0 Å². The summed E-state index contributed by atoms with van der Waals surface area (Å²) in [5.41, 5.74) is -2.31. The first-order chi connectivity index (χ1) is 5.54. The number of carbonyl (C=O) groups is 1. The molecule has 78 valence electrons. The van der Waals surface area contributed by atoms with E-state index in [4.69, 9.17) is 0 Å². The van der Waals surface area contributed by atoms with Gasteiger partial charge in [-0.2, -0.15) is 0 Å². The number of likely N-dealkylation sites (N-methyl/N-ethyl adjacent to an activating group) is 1. The summed E-state index contributed by atoms with van der Waals surface area (Å²) in [7, 11) is 1.55. The lowest BCUT2D eigenvalue weighted by Crippen LogP contribution is -2.48. The molecule has 0 aromatic carbocycles. The highest BCUT2D eigenvalue weighted by Crippen LogP contribution is 2.09. The predicted octanol–water partition coefficient (Wildman–Crippen LogP) is -0.0134. The van der Waals surface area contributed by atoms with Crippen molar-refractivity contribution in [1.82, 2.24) is 4.90 Å². The van der Waals surface area contributed by atoms with Crippen LogP contribution in [0.4, 0.5) is 0 Å². The molecule has 0 radical (unpaired) electrons.